The van der Waals surface area contributed by atoms with Crippen LogP contribution in [0.25, 0.3) is 0 Å². The van der Waals surface area contributed by atoms with E-state index in [9.17, 15) is 19.2 Å². The number of aryl methyl sites for hydroxylation is 1. The highest BCUT2D eigenvalue weighted by Gasteiger charge is 2.25. The van der Waals surface area contributed by atoms with Crippen molar-refractivity contribution < 1.29 is 24.3 Å². The minimum absolute atomic E-state index is 0.0326. The summed E-state index contributed by atoms with van der Waals surface area (Å²) in [6.45, 7) is 3.23. The third-order valence-electron chi connectivity index (χ3n) is 5.39. The van der Waals surface area contributed by atoms with E-state index in [0.717, 1.165) is 34.8 Å². The highest BCUT2D eigenvalue weighted by molar-refractivity contribution is 14.1. The zero-order chi connectivity index (χ0) is 27.5. The van der Waals surface area contributed by atoms with E-state index in [2.05, 4.69) is 83.7 Å². The Morgan fingerprint density at radius 1 is 0.757 bits per heavy atom. The Bertz CT molecular complexity index is 1110. The standard InChI is InChI=1S/C26H30I3N3O5/c1-15(33)13-30-24-21(27)20(22(28)25(23(24)29)31-14-16(2)34)26(37)32-18-11-9-17(10-12-18)7-5-3-4-6-8-19(35)36/h9-12,30-31H,3-8,13-14H2,1-2H3,(H,32,37)(H,35,36). The van der Waals surface area contributed by atoms with Crippen molar-refractivity contribution in [2.75, 3.05) is 29.0 Å². The van der Waals surface area contributed by atoms with Crippen molar-refractivity contribution >= 4 is 108 Å². The second-order valence-electron chi connectivity index (χ2n) is 8.64. The lowest BCUT2D eigenvalue weighted by Gasteiger charge is -2.20. The lowest BCUT2D eigenvalue weighted by atomic mass is 10.0. The van der Waals surface area contributed by atoms with Crippen LogP contribution in [0.3, 0.4) is 0 Å². The number of carboxylic acid groups (broad SMARTS) is 1. The van der Waals surface area contributed by atoms with Crippen LogP contribution in [0, 0.1) is 10.7 Å². The largest absolute Gasteiger partial charge is 0.481 e. The minimum Gasteiger partial charge on any atom is -0.481 e. The van der Waals surface area contributed by atoms with Crippen LogP contribution in [0.15, 0.2) is 24.3 Å². The molecule has 0 bridgehead atoms. The molecule has 2 aromatic rings. The van der Waals surface area contributed by atoms with E-state index in [1.807, 2.05) is 24.3 Å². The molecule has 0 aromatic heterocycles. The summed E-state index contributed by atoms with van der Waals surface area (Å²) in [5, 5.41) is 18.0. The molecule has 0 aliphatic heterocycles. The molecule has 0 saturated carbocycles. The second-order valence-corrected chi connectivity index (χ2v) is 11.9. The number of halogens is 3. The zero-order valence-electron chi connectivity index (χ0n) is 20.7. The molecule has 11 heteroatoms. The first kappa shape index (κ1) is 31.7. The number of unbranched alkanes of at least 4 members (excludes halogenated alkanes) is 3. The fraction of sp³-hybridized carbons (Fsp3) is 0.385. The average Bonchev–Trinajstić information content (AvgIpc) is 2.81. The Labute approximate surface area is 257 Å². The number of nitrogens with one attached hydrogen (secondary N) is 3. The number of rotatable bonds is 15. The zero-order valence-corrected chi connectivity index (χ0v) is 27.2. The molecule has 8 nitrogen and oxygen atoms in total. The summed E-state index contributed by atoms with van der Waals surface area (Å²) in [5.74, 6) is -1.10. The Balaban J connectivity index is 2.17. The lowest BCUT2D eigenvalue weighted by Crippen LogP contribution is -2.21. The van der Waals surface area contributed by atoms with Gasteiger partial charge in [0.25, 0.3) is 5.91 Å². The van der Waals surface area contributed by atoms with Crippen LogP contribution in [-0.4, -0.2) is 41.6 Å². The van der Waals surface area contributed by atoms with E-state index >= 15 is 0 Å². The molecule has 0 unspecified atom stereocenters. The van der Waals surface area contributed by atoms with Gasteiger partial charge in [0.2, 0.25) is 0 Å². The molecule has 1 amide bonds. The summed E-state index contributed by atoms with van der Waals surface area (Å²) < 4.78 is 2.19. The molecule has 0 saturated heterocycles. The summed E-state index contributed by atoms with van der Waals surface area (Å²) >= 11 is 6.39. The number of carboxylic acids is 1. The SMILES string of the molecule is CC(=O)CNc1c(I)c(NCC(C)=O)c(I)c(C(=O)Nc2ccc(CCCCCCC(=O)O)cc2)c1I. The Morgan fingerprint density at radius 3 is 1.76 bits per heavy atom. The molecular weight excluding hydrogens is 815 g/mol. The lowest BCUT2D eigenvalue weighted by molar-refractivity contribution is -0.137. The van der Waals surface area contributed by atoms with Crippen molar-refractivity contribution in [2.45, 2.75) is 52.4 Å². The summed E-state index contributed by atoms with van der Waals surface area (Å²) in [6, 6.07) is 7.70. The maximum atomic E-state index is 13.4. The van der Waals surface area contributed by atoms with E-state index in [0.29, 0.717) is 36.2 Å². The molecule has 37 heavy (non-hydrogen) atoms. The van der Waals surface area contributed by atoms with Gasteiger partial charge in [-0.15, -0.1) is 0 Å². The van der Waals surface area contributed by atoms with Gasteiger partial charge >= 0.3 is 5.97 Å². The van der Waals surface area contributed by atoms with Crippen LogP contribution in [0.5, 0.6) is 0 Å². The molecule has 0 atom stereocenters. The van der Waals surface area contributed by atoms with E-state index in [1.165, 1.54) is 13.8 Å². The predicted octanol–water partition coefficient (Wildman–Crippen LogP) is 6.33. The van der Waals surface area contributed by atoms with Crippen molar-refractivity contribution in [3.63, 3.8) is 0 Å². The average molecular weight is 845 g/mol. The topological polar surface area (TPSA) is 125 Å². The van der Waals surface area contributed by atoms with Crippen LogP contribution in [0.1, 0.15) is 61.9 Å². The Morgan fingerprint density at radius 2 is 1.27 bits per heavy atom. The van der Waals surface area contributed by atoms with Gasteiger partial charge in [-0.2, -0.15) is 0 Å². The van der Waals surface area contributed by atoms with E-state index < -0.39 is 5.97 Å². The van der Waals surface area contributed by atoms with Crippen molar-refractivity contribution in [3.05, 3.63) is 46.1 Å². The molecule has 0 fully saturated rings. The van der Waals surface area contributed by atoms with Crippen molar-refractivity contribution in [1.82, 2.24) is 0 Å². The van der Waals surface area contributed by atoms with Crippen LogP contribution < -0.4 is 16.0 Å². The maximum Gasteiger partial charge on any atom is 0.303 e. The molecule has 4 N–H and O–H groups in total. The summed E-state index contributed by atoms with van der Waals surface area (Å²) in [5.41, 5.74) is 3.63. The number of hydrogen-bond donors (Lipinski definition) is 4. The third kappa shape index (κ3) is 10.3. The van der Waals surface area contributed by atoms with Crippen LogP contribution in [0.4, 0.5) is 17.1 Å². The monoisotopic (exact) mass is 845 g/mol. The van der Waals surface area contributed by atoms with Crippen molar-refractivity contribution in [3.8, 4) is 0 Å². The Hall–Kier alpha value is -1.49. The van der Waals surface area contributed by atoms with Gasteiger partial charge in [0.15, 0.2) is 0 Å². The van der Waals surface area contributed by atoms with Gasteiger partial charge < -0.3 is 21.1 Å². The molecule has 0 heterocycles. The molecule has 0 aliphatic rings. The molecule has 2 rings (SSSR count). The predicted molar refractivity (Wildman–Crippen MR) is 172 cm³/mol. The number of aliphatic carboxylic acids is 1. The summed E-state index contributed by atoms with van der Waals surface area (Å²) in [4.78, 5) is 47.2. The van der Waals surface area contributed by atoms with Crippen LogP contribution in [0.2, 0.25) is 0 Å². The number of hydrogen-bond acceptors (Lipinski definition) is 6. The fourth-order valence-electron chi connectivity index (χ4n) is 3.51. The van der Waals surface area contributed by atoms with E-state index in [-0.39, 0.29) is 37.0 Å². The first-order chi connectivity index (χ1) is 17.5. The highest BCUT2D eigenvalue weighted by atomic mass is 127. The van der Waals surface area contributed by atoms with Gasteiger partial charge in [0, 0.05) is 12.1 Å². The van der Waals surface area contributed by atoms with Gasteiger partial charge in [0.1, 0.15) is 11.6 Å². The summed E-state index contributed by atoms with van der Waals surface area (Å²) in [7, 11) is 0. The molecule has 200 valence electrons. The number of anilines is 3. The number of benzene rings is 2. The van der Waals surface area contributed by atoms with Crippen molar-refractivity contribution in [2.24, 2.45) is 0 Å². The third-order valence-corrected chi connectivity index (χ3v) is 8.63. The van der Waals surface area contributed by atoms with Gasteiger partial charge in [-0.1, -0.05) is 25.0 Å². The van der Waals surface area contributed by atoms with E-state index in [1.54, 1.807) is 0 Å². The van der Waals surface area contributed by atoms with Crippen LogP contribution >= 0.6 is 67.8 Å². The van der Waals surface area contributed by atoms with Gasteiger partial charge in [-0.05, 0) is 119 Å². The van der Waals surface area contributed by atoms with Crippen molar-refractivity contribution in [1.29, 1.82) is 0 Å². The number of ketones is 2. The second kappa shape index (κ2) is 15.8. The maximum absolute atomic E-state index is 13.4. The molecule has 0 spiro atoms. The number of carbonyl (C=O) groups excluding carboxylic acids is 3. The smallest absolute Gasteiger partial charge is 0.303 e. The number of carbonyl (C=O) groups is 4. The van der Waals surface area contributed by atoms with Gasteiger partial charge in [-0.25, -0.2) is 0 Å². The van der Waals surface area contributed by atoms with E-state index in [4.69, 9.17) is 5.11 Å². The normalized spacial score (nSPS) is 10.6. The van der Waals surface area contributed by atoms with Gasteiger partial charge in [0.05, 0.1) is 40.7 Å². The van der Waals surface area contributed by atoms with Gasteiger partial charge in [-0.3, -0.25) is 19.2 Å². The Kier molecular flexibility index (Phi) is 13.6. The molecular formula is C26H30I3N3O5. The first-order valence-corrected chi connectivity index (χ1v) is 15.0. The molecule has 2 aromatic carbocycles. The fourth-order valence-corrected chi connectivity index (χ4v) is 7.93. The number of Topliss-reactive ketones (excluding diaryl/α,β-unsaturated/α-hetero) is 2. The summed E-state index contributed by atoms with van der Waals surface area (Å²) in [6.07, 6.45) is 4.68. The van der Waals surface area contributed by atoms with Crippen LogP contribution in [-0.2, 0) is 20.8 Å². The minimum atomic E-state index is -0.751. The first-order valence-electron chi connectivity index (χ1n) is 11.8. The molecule has 0 radical (unpaired) electrons. The quantitative estimate of drug-likeness (QED) is 0.122. The number of amides is 1. The highest BCUT2D eigenvalue weighted by Crippen LogP contribution is 2.39. The molecule has 0 aliphatic carbocycles.